The fourth-order valence-electron chi connectivity index (χ4n) is 1.74. The van der Waals surface area contributed by atoms with Crippen molar-refractivity contribution in [2.45, 2.75) is 13.8 Å². The monoisotopic (exact) mass is 308 g/mol. The van der Waals surface area contributed by atoms with Crippen molar-refractivity contribution < 1.29 is 18.7 Å². The Hall–Kier alpha value is -2.15. The molecule has 2 rings (SSSR count). The number of aromatic nitrogens is 1. The van der Waals surface area contributed by atoms with Crippen molar-refractivity contribution in [3.05, 3.63) is 29.5 Å². The lowest BCUT2D eigenvalue weighted by Crippen LogP contribution is -2.36. The Bertz CT molecular complexity index is 606. The molecular formula is C14H16N2O4S. The third-order valence-electron chi connectivity index (χ3n) is 2.75. The lowest BCUT2D eigenvalue weighted by atomic mass is 10.3. The van der Waals surface area contributed by atoms with E-state index in [9.17, 15) is 9.59 Å². The van der Waals surface area contributed by atoms with Gasteiger partial charge in [-0.1, -0.05) is 0 Å². The molecule has 0 radical (unpaired) electrons. The predicted molar refractivity (Wildman–Crippen MR) is 78.0 cm³/mol. The summed E-state index contributed by atoms with van der Waals surface area (Å²) in [6, 6.07) is 3.54. The van der Waals surface area contributed by atoms with E-state index in [0.29, 0.717) is 29.6 Å². The maximum atomic E-state index is 12.3. The quantitative estimate of drug-likeness (QED) is 0.766. The highest BCUT2D eigenvalue weighted by molar-refractivity contribution is 7.13. The molecule has 21 heavy (non-hydrogen) atoms. The van der Waals surface area contributed by atoms with Crippen LogP contribution in [0.2, 0.25) is 0 Å². The number of carbonyl (C=O) groups excluding carboxylic acids is 2. The third-order valence-corrected chi connectivity index (χ3v) is 3.61. The van der Waals surface area contributed by atoms with Gasteiger partial charge in [-0.2, -0.15) is 0 Å². The summed E-state index contributed by atoms with van der Waals surface area (Å²) in [5.74, 6) is -0.0960. The number of thiazole rings is 1. The predicted octanol–water partition coefficient (Wildman–Crippen LogP) is 2.43. The van der Waals surface area contributed by atoms with Crippen LogP contribution in [-0.4, -0.2) is 41.5 Å². The summed E-state index contributed by atoms with van der Waals surface area (Å²) in [6.07, 6.45) is 1.55. The molecule has 7 heteroatoms. The van der Waals surface area contributed by atoms with Gasteiger partial charge in [-0.3, -0.25) is 9.59 Å². The van der Waals surface area contributed by atoms with Crippen molar-refractivity contribution in [1.29, 1.82) is 0 Å². The molecule has 0 bridgehead atoms. The van der Waals surface area contributed by atoms with E-state index in [1.807, 2.05) is 0 Å². The standard InChI is InChI=1S/C14H16N2O4S/c1-3-16(8-12(17)19-4-2)14(18)10-9-21-13(15-10)11-6-5-7-20-11/h5-7,9H,3-4,8H2,1-2H3. The third kappa shape index (κ3) is 3.69. The summed E-state index contributed by atoms with van der Waals surface area (Å²) in [7, 11) is 0. The van der Waals surface area contributed by atoms with Crippen molar-refractivity contribution >= 4 is 23.2 Å². The fraction of sp³-hybridized carbons (Fsp3) is 0.357. The second kappa shape index (κ2) is 7.03. The van der Waals surface area contributed by atoms with E-state index in [-0.39, 0.29) is 12.5 Å². The smallest absolute Gasteiger partial charge is 0.325 e. The molecular weight excluding hydrogens is 292 g/mol. The van der Waals surface area contributed by atoms with Crippen molar-refractivity contribution in [3.8, 4) is 10.8 Å². The molecule has 0 spiro atoms. The van der Waals surface area contributed by atoms with Crippen molar-refractivity contribution in [2.75, 3.05) is 19.7 Å². The van der Waals surface area contributed by atoms with Crippen LogP contribution in [0.15, 0.2) is 28.2 Å². The highest BCUT2D eigenvalue weighted by atomic mass is 32.1. The molecule has 0 N–H and O–H groups in total. The number of hydrogen-bond acceptors (Lipinski definition) is 6. The first-order chi connectivity index (χ1) is 10.2. The highest BCUT2D eigenvalue weighted by Gasteiger charge is 2.21. The van der Waals surface area contributed by atoms with Gasteiger partial charge < -0.3 is 14.1 Å². The zero-order chi connectivity index (χ0) is 15.2. The lowest BCUT2D eigenvalue weighted by Gasteiger charge is -2.18. The van der Waals surface area contributed by atoms with Crippen LogP contribution in [0.4, 0.5) is 0 Å². The molecule has 0 atom stereocenters. The van der Waals surface area contributed by atoms with Crippen LogP contribution < -0.4 is 0 Å². The van der Waals surface area contributed by atoms with E-state index in [1.54, 1.807) is 37.6 Å². The molecule has 0 aliphatic heterocycles. The van der Waals surface area contributed by atoms with Crippen LogP contribution in [0, 0.1) is 0 Å². The molecule has 6 nitrogen and oxygen atoms in total. The minimum atomic E-state index is -0.422. The fourth-order valence-corrected chi connectivity index (χ4v) is 2.50. The number of rotatable bonds is 6. The zero-order valence-electron chi connectivity index (χ0n) is 11.9. The molecule has 2 aromatic heterocycles. The topological polar surface area (TPSA) is 72.6 Å². The van der Waals surface area contributed by atoms with Gasteiger partial charge in [0.25, 0.3) is 5.91 Å². The maximum Gasteiger partial charge on any atom is 0.325 e. The highest BCUT2D eigenvalue weighted by Crippen LogP contribution is 2.24. The molecule has 0 unspecified atom stereocenters. The molecule has 2 heterocycles. The second-order valence-electron chi connectivity index (χ2n) is 4.14. The molecule has 1 amide bonds. The first-order valence-electron chi connectivity index (χ1n) is 6.60. The van der Waals surface area contributed by atoms with Crippen molar-refractivity contribution in [3.63, 3.8) is 0 Å². The van der Waals surface area contributed by atoms with Crippen LogP contribution in [-0.2, 0) is 9.53 Å². The average molecular weight is 308 g/mol. The van der Waals surface area contributed by atoms with E-state index >= 15 is 0 Å². The summed E-state index contributed by atoms with van der Waals surface area (Å²) in [6.45, 7) is 4.16. The Morgan fingerprint density at radius 1 is 1.43 bits per heavy atom. The van der Waals surface area contributed by atoms with Crippen LogP contribution in [0.1, 0.15) is 24.3 Å². The Labute approximate surface area is 126 Å². The van der Waals surface area contributed by atoms with Crippen LogP contribution in [0.3, 0.4) is 0 Å². The van der Waals surface area contributed by atoms with Gasteiger partial charge in [-0.15, -0.1) is 11.3 Å². The molecule has 0 fully saturated rings. The maximum absolute atomic E-state index is 12.3. The van der Waals surface area contributed by atoms with Gasteiger partial charge in [0.05, 0.1) is 12.9 Å². The van der Waals surface area contributed by atoms with Gasteiger partial charge in [0.1, 0.15) is 12.2 Å². The zero-order valence-corrected chi connectivity index (χ0v) is 12.7. The Kier molecular flexibility index (Phi) is 5.10. The summed E-state index contributed by atoms with van der Waals surface area (Å²) in [5, 5.41) is 2.30. The summed E-state index contributed by atoms with van der Waals surface area (Å²) in [5.41, 5.74) is 0.303. The number of carbonyl (C=O) groups is 2. The number of ether oxygens (including phenoxy) is 1. The summed E-state index contributed by atoms with van der Waals surface area (Å²) >= 11 is 1.32. The first-order valence-corrected chi connectivity index (χ1v) is 7.48. The van der Waals surface area contributed by atoms with Gasteiger partial charge in [-0.25, -0.2) is 4.98 Å². The number of likely N-dealkylation sites (N-methyl/N-ethyl adjacent to an activating group) is 1. The van der Waals surface area contributed by atoms with E-state index in [2.05, 4.69) is 4.98 Å². The van der Waals surface area contributed by atoms with E-state index in [0.717, 1.165) is 0 Å². The Morgan fingerprint density at radius 2 is 2.24 bits per heavy atom. The second-order valence-corrected chi connectivity index (χ2v) is 5.00. The Morgan fingerprint density at radius 3 is 2.86 bits per heavy atom. The largest absolute Gasteiger partial charge is 0.465 e. The first kappa shape index (κ1) is 15.2. The Balaban J connectivity index is 2.09. The SMILES string of the molecule is CCOC(=O)CN(CC)C(=O)c1csc(-c2ccco2)n1. The average Bonchev–Trinajstić information content (AvgIpc) is 3.14. The van der Waals surface area contributed by atoms with Crippen molar-refractivity contribution in [1.82, 2.24) is 9.88 Å². The minimum Gasteiger partial charge on any atom is -0.465 e. The van der Waals surface area contributed by atoms with Gasteiger partial charge in [-0.05, 0) is 26.0 Å². The molecule has 0 aromatic carbocycles. The number of hydrogen-bond donors (Lipinski definition) is 0. The minimum absolute atomic E-state index is 0.0726. The molecule has 0 aliphatic rings. The van der Waals surface area contributed by atoms with Gasteiger partial charge in [0.15, 0.2) is 10.8 Å². The van der Waals surface area contributed by atoms with Crippen LogP contribution in [0.25, 0.3) is 10.8 Å². The van der Waals surface area contributed by atoms with Crippen LogP contribution in [0.5, 0.6) is 0 Å². The van der Waals surface area contributed by atoms with E-state index < -0.39 is 5.97 Å². The lowest BCUT2D eigenvalue weighted by molar-refractivity contribution is -0.143. The summed E-state index contributed by atoms with van der Waals surface area (Å²) < 4.78 is 10.1. The van der Waals surface area contributed by atoms with Crippen LogP contribution >= 0.6 is 11.3 Å². The van der Waals surface area contributed by atoms with Gasteiger partial charge >= 0.3 is 5.97 Å². The summed E-state index contributed by atoms with van der Waals surface area (Å²) in [4.78, 5) is 29.5. The molecule has 0 aliphatic carbocycles. The van der Waals surface area contributed by atoms with Crippen molar-refractivity contribution in [2.24, 2.45) is 0 Å². The number of esters is 1. The molecule has 2 aromatic rings. The number of nitrogens with zero attached hydrogens (tertiary/aromatic N) is 2. The number of furan rings is 1. The van der Waals surface area contributed by atoms with E-state index in [1.165, 1.54) is 16.2 Å². The van der Waals surface area contributed by atoms with E-state index in [4.69, 9.17) is 9.15 Å². The molecule has 0 saturated heterocycles. The molecule has 0 saturated carbocycles. The molecule has 112 valence electrons. The van der Waals surface area contributed by atoms with Gasteiger partial charge in [0.2, 0.25) is 0 Å². The normalized spacial score (nSPS) is 10.4. The van der Waals surface area contributed by atoms with Gasteiger partial charge in [0, 0.05) is 11.9 Å². The number of amides is 1.